The highest BCUT2D eigenvalue weighted by Crippen LogP contribution is 2.27. The lowest BCUT2D eigenvalue weighted by Crippen LogP contribution is -2.37. The summed E-state index contributed by atoms with van der Waals surface area (Å²) < 4.78 is 1.40. The highest BCUT2D eigenvalue weighted by Gasteiger charge is 2.24. The molecule has 1 aliphatic rings. The summed E-state index contributed by atoms with van der Waals surface area (Å²) in [5, 5.41) is 4.27. The van der Waals surface area contributed by atoms with Crippen molar-refractivity contribution in [3.05, 3.63) is 58.0 Å². The fourth-order valence-electron chi connectivity index (χ4n) is 2.91. The summed E-state index contributed by atoms with van der Waals surface area (Å²) in [7, 11) is 0. The van der Waals surface area contributed by atoms with Crippen molar-refractivity contribution in [2.45, 2.75) is 39.2 Å². The van der Waals surface area contributed by atoms with Gasteiger partial charge in [-0.2, -0.15) is 5.10 Å². The molecule has 0 spiro atoms. The van der Waals surface area contributed by atoms with Crippen LogP contribution in [0.3, 0.4) is 0 Å². The summed E-state index contributed by atoms with van der Waals surface area (Å²) in [5.41, 5.74) is 2.31. The largest absolute Gasteiger partial charge is 0.307 e. The predicted molar refractivity (Wildman–Crippen MR) is 89.8 cm³/mol. The Morgan fingerprint density at radius 1 is 1.22 bits per heavy atom. The molecule has 0 atom stereocenters. The van der Waals surface area contributed by atoms with Gasteiger partial charge in [0.25, 0.3) is 11.5 Å². The van der Waals surface area contributed by atoms with Crippen molar-refractivity contribution < 1.29 is 4.79 Å². The number of anilines is 1. The van der Waals surface area contributed by atoms with Gasteiger partial charge in [-0.05, 0) is 37.0 Å². The minimum atomic E-state index is -0.158. The molecule has 0 saturated heterocycles. The van der Waals surface area contributed by atoms with Crippen molar-refractivity contribution in [2.24, 2.45) is 0 Å². The Balaban J connectivity index is 1.91. The zero-order valence-electron chi connectivity index (χ0n) is 13.4. The Morgan fingerprint density at radius 3 is 2.87 bits per heavy atom. The summed E-state index contributed by atoms with van der Waals surface area (Å²) in [5.74, 6) is -0.137. The van der Waals surface area contributed by atoms with E-state index in [0.717, 1.165) is 31.4 Å². The van der Waals surface area contributed by atoms with E-state index in [-0.39, 0.29) is 11.5 Å². The molecule has 0 aliphatic carbocycles. The lowest BCUT2D eigenvalue weighted by molar-refractivity contribution is 0.0977. The Morgan fingerprint density at radius 2 is 2.04 bits per heavy atom. The van der Waals surface area contributed by atoms with Gasteiger partial charge in [-0.25, -0.2) is 4.68 Å². The minimum Gasteiger partial charge on any atom is -0.307 e. The monoisotopic (exact) mass is 311 g/mol. The fourth-order valence-corrected chi connectivity index (χ4v) is 2.91. The first kappa shape index (κ1) is 15.5. The molecule has 0 bridgehead atoms. The molecule has 120 valence electrons. The van der Waals surface area contributed by atoms with Crippen LogP contribution in [0.4, 0.5) is 5.69 Å². The summed E-state index contributed by atoms with van der Waals surface area (Å²) in [6, 6.07) is 10.9. The number of hydrogen-bond donors (Lipinski definition) is 0. The Bertz CT molecular complexity index is 767. The van der Waals surface area contributed by atoms with Gasteiger partial charge in [0.2, 0.25) is 0 Å². The Kier molecular flexibility index (Phi) is 4.55. The lowest BCUT2D eigenvalue weighted by Gasteiger charge is -2.29. The van der Waals surface area contributed by atoms with Crippen LogP contribution in [-0.2, 0) is 13.0 Å². The average molecular weight is 311 g/mol. The normalized spacial score (nSPS) is 13.7. The summed E-state index contributed by atoms with van der Waals surface area (Å²) >= 11 is 0. The van der Waals surface area contributed by atoms with Gasteiger partial charge in [-0.3, -0.25) is 9.59 Å². The van der Waals surface area contributed by atoms with Crippen molar-refractivity contribution in [1.29, 1.82) is 0 Å². The molecular weight excluding hydrogens is 290 g/mol. The van der Waals surface area contributed by atoms with E-state index in [4.69, 9.17) is 0 Å². The van der Waals surface area contributed by atoms with Crippen LogP contribution in [0.2, 0.25) is 0 Å². The van der Waals surface area contributed by atoms with Crippen LogP contribution in [-0.4, -0.2) is 22.2 Å². The number of amides is 1. The molecule has 0 saturated carbocycles. The van der Waals surface area contributed by atoms with Crippen LogP contribution >= 0.6 is 0 Å². The number of rotatable bonds is 4. The van der Waals surface area contributed by atoms with Crippen LogP contribution in [0.1, 0.15) is 42.2 Å². The maximum atomic E-state index is 12.8. The van der Waals surface area contributed by atoms with Gasteiger partial charge in [-0.1, -0.05) is 31.5 Å². The molecule has 1 aromatic heterocycles. The van der Waals surface area contributed by atoms with Crippen LogP contribution in [0.25, 0.3) is 0 Å². The van der Waals surface area contributed by atoms with E-state index in [2.05, 4.69) is 18.1 Å². The second-order valence-corrected chi connectivity index (χ2v) is 5.82. The molecule has 5 nitrogen and oxygen atoms in total. The number of aromatic nitrogens is 2. The van der Waals surface area contributed by atoms with E-state index in [1.165, 1.54) is 22.4 Å². The van der Waals surface area contributed by atoms with Crippen molar-refractivity contribution in [2.75, 3.05) is 11.4 Å². The van der Waals surface area contributed by atoms with Crippen LogP contribution in [0.5, 0.6) is 0 Å². The van der Waals surface area contributed by atoms with Crippen molar-refractivity contribution in [1.82, 2.24) is 9.78 Å². The third-order valence-electron chi connectivity index (χ3n) is 4.16. The van der Waals surface area contributed by atoms with Gasteiger partial charge in [0, 0.05) is 24.8 Å². The number of carbonyl (C=O) groups excluding carboxylic acids is 1. The molecule has 5 heteroatoms. The summed E-state index contributed by atoms with van der Waals surface area (Å²) in [4.78, 5) is 26.5. The number of nitrogens with zero attached hydrogens (tertiary/aromatic N) is 3. The molecule has 0 unspecified atom stereocenters. The van der Waals surface area contributed by atoms with Crippen LogP contribution in [0.15, 0.2) is 41.2 Å². The third-order valence-corrected chi connectivity index (χ3v) is 4.16. The van der Waals surface area contributed by atoms with E-state index in [1.807, 2.05) is 18.2 Å². The number of para-hydroxylation sites is 1. The highest BCUT2D eigenvalue weighted by atomic mass is 16.2. The summed E-state index contributed by atoms with van der Waals surface area (Å²) in [6.07, 6.45) is 3.78. The second kappa shape index (κ2) is 6.77. The van der Waals surface area contributed by atoms with E-state index in [1.54, 1.807) is 4.90 Å². The molecule has 2 aromatic rings. The number of aryl methyl sites for hydroxylation is 2. The van der Waals surface area contributed by atoms with E-state index in [0.29, 0.717) is 18.8 Å². The number of fused-ring (bicyclic) bond motifs is 1. The average Bonchev–Trinajstić information content (AvgIpc) is 2.60. The van der Waals surface area contributed by atoms with E-state index >= 15 is 0 Å². The molecule has 0 N–H and O–H groups in total. The second-order valence-electron chi connectivity index (χ2n) is 5.82. The van der Waals surface area contributed by atoms with E-state index in [9.17, 15) is 9.59 Å². The molecule has 23 heavy (non-hydrogen) atoms. The molecule has 0 fully saturated rings. The quantitative estimate of drug-likeness (QED) is 0.872. The standard InChI is InChI=1S/C18H21N3O2/c1-2-3-13-21-17(22)11-10-15(19-21)18(23)20-12-6-8-14-7-4-5-9-16(14)20/h4-5,7,9-11H,2-3,6,8,12-13H2,1H3. The smallest absolute Gasteiger partial charge is 0.278 e. The maximum Gasteiger partial charge on any atom is 0.278 e. The van der Waals surface area contributed by atoms with Gasteiger partial charge in [-0.15, -0.1) is 0 Å². The zero-order valence-corrected chi connectivity index (χ0v) is 13.4. The highest BCUT2D eigenvalue weighted by molar-refractivity contribution is 6.05. The number of hydrogen-bond acceptors (Lipinski definition) is 3. The zero-order chi connectivity index (χ0) is 16.2. The molecule has 3 rings (SSSR count). The topological polar surface area (TPSA) is 55.2 Å². The molecule has 1 aromatic carbocycles. The fraction of sp³-hybridized carbons (Fsp3) is 0.389. The van der Waals surface area contributed by atoms with Crippen molar-refractivity contribution >= 4 is 11.6 Å². The molecule has 1 aliphatic heterocycles. The van der Waals surface area contributed by atoms with Gasteiger partial charge in [0.1, 0.15) is 5.69 Å². The predicted octanol–water partition coefficient (Wildman–Crippen LogP) is 2.64. The lowest BCUT2D eigenvalue weighted by atomic mass is 10.0. The van der Waals surface area contributed by atoms with Crippen molar-refractivity contribution in [3.8, 4) is 0 Å². The SMILES string of the molecule is CCCCn1nc(C(=O)N2CCCc3ccccc32)ccc1=O. The number of benzene rings is 1. The first-order valence-electron chi connectivity index (χ1n) is 8.18. The Hall–Kier alpha value is -2.43. The van der Waals surface area contributed by atoms with Gasteiger partial charge >= 0.3 is 0 Å². The molecular formula is C18H21N3O2. The van der Waals surface area contributed by atoms with E-state index < -0.39 is 0 Å². The number of carbonyl (C=O) groups is 1. The first-order valence-corrected chi connectivity index (χ1v) is 8.18. The molecule has 0 radical (unpaired) electrons. The van der Waals surface area contributed by atoms with Gasteiger partial charge in [0.05, 0.1) is 0 Å². The first-order chi connectivity index (χ1) is 11.2. The number of unbranched alkanes of at least 4 members (excludes halogenated alkanes) is 1. The Labute approximate surface area is 135 Å². The molecule has 2 heterocycles. The molecule has 1 amide bonds. The minimum absolute atomic E-state index is 0.137. The van der Waals surface area contributed by atoms with Gasteiger partial charge in [0.15, 0.2) is 0 Å². The van der Waals surface area contributed by atoms with Crippen LogP contribution in [0, 0.1) is 0 Å². The summed E-state index contributed by atoms with van der Waals surface area (Å²) in [6.45, 7) is 3.29. The maximum absolute atomic E-state index is 12.8. The van der Waals surface area contributed by atoms with Crippen molar-refractivity contribution in [3.63, 3.8) is 0 Å². The third kappa shape index (κ3) is 3.18. The van der Waals surface area contributed by atoms with Gasteiger partial charge < -0.3 is 4.90 Å². The van der Waals surface area contributed by atoms with Crippen LogP contribution < -0.4 is 10.5 Å².